The number of carboxylic acid groups (broad SMARTS) is 1. The van der Waals surface area contributed by atoms with Gasteiger partial charge in [-0.05, 0) is 24.3 Å². The van der Waals surface area contributed by atoms with Crippen LogP contribution < -0.4 is 4.74 Å². The second-order valence-corrected chi connectivity index (χ2v) is 5.53. The lowest BCUT2D eigenvalue weighted by atomic mass is 10.2. The fraction of sp³-hybridized carbons (Fsp3) is 0.429. The number of nitrogens with zero attached hydrogens (tertiary/aromatic N) is 1. The molecule has 0 radical (unpaired) electrons. The van der Waals surface area contributed by atoms with E-state index in [0.717, 1.165) is 10.6 Å². The van der Waals surface area contributed by atoms with Crippen LogP contribution in [0.2, 0.25) is 0 Å². The summed E-state index contributed by atoms with van der Waals surface area (Å²) in [5.41, 5.74) is 0. The molecule has 1 aromatic carbocycles. The third-order valence-corrected chi connectivity index (χ3v) is 4.15. The predicted molar refractivity (Wildman–Crippen MR) is 77.7 cm³/mol. The Morgan fingerprint density at radius 2 is 2.14 bits per heavy atom. The highest BCUT2D eigenvalue weighted by molar-refractivity contribution is 8.00. The molecule has 1 saturated heterocycles. The van der Waals surface area contributed by atoms with Crippen LogP contribution in [0.25, 0.3) is 0 Å². The Morgan fingerprint density at radius 3 is 2.76 bits per heavy atom. The summed E-state index contributed by atoms with van der Waals surface area (Å²) in [6.45, 7) is 0.746. The molecule has 114 valence electrons. The maximum Gasteiger partial charge on any atom is 0.328 e. The highest BCUT2D eigenvalue weighted by Crippen LogP contribution is 2.22. The first-order chi connectivity index (χ1) is 10.1. The summed E-state index contributed by atoms with van der Waals surface area (Å²) < 4.78 is 10.2. The number of carboxylic acids is 1. The first-order valence-corrected chi connectivity index (χ1v) is 7.47. The Kier molecular flexibility index (Phi) is 5.46. The number of benzene rings is 1. The fourth-order valence-corrected chi connectivity index (χ4v) is 2.79. The number of hydrogen-bond acceptors (Lipinski definition) is 5. The Morgan fingerprint density at radius 1 is 1.43 bits per heavy atom. The number of rotatable bonds is 5. The largest absolute Gasteiger partial charge is 0.497 e. The van der Waals surface area contributed by atoms with Crippen molar-refractivity contribution in [2.24, 2.45) is 0 Å². The van der Waals surface area contributed by atoms with Crippen molar-refractivity contribution < 1.29 is 24.2 Å². The van der Waals surface area contributed by atoms with Gasteiger partial charge in [-0.25, -0.2) is 4.79 Å². The highest BCUT2D eigenvalue weighted by atomic mass is 32.2. The molecule has 1 N–H and O–H groups in total. The van der Waals surface area contributed by atoms with Crippen molar-refractivity contribution >= 4 is 23.6 Å². The minimum atomic E-state index is -1.03. The molecular formula is C14H17NO5S. The van der Waals surface area contributed by atoms with Crippen LogP contribution in [0.15, 0.2) is 29.2 Å². The Hall–Kier alpha value is -1.73. The van der Waals surface area contributed by atoms with Crippen molar-refractivity contribution in [2.75, 3.05) is 32.6 Å². The van der Waals surface area contributed by atoms with Crippen LogP contribution in [0.3, 0.4) is 0 Å². The van der Waals surface area contributed by atoms with Gasteiger partial charge in [-0.1, -0.05) is 0 Å². The van der Waals surface area contributed by atoms with Gasteiger partial charge in [0, 0.05) is 11.4 Å². The van der Waals surface area contributed by atoms with Crippen LogP contribution in [0.5, 0.6) is 5.75 Å². The average Bonchev–Trinajstić information content (AvgIpc) is 2.53. The molecule has 0 saturated carbocycles. The topological polar surface area (TPSA) is 76.1 Å². The lowest BCUT2D eigenvalue weighted by Crippen LogP contribution is -2.53. The zero-order valence-electron chi connectivity index (χ0n) is 11.7. The van der Waals surface area contributed by atoms with E-state index < -0.39 is 12.0 Å². The fourth-order valence-electron chi connectivity index (χ4n) is 2.01. The summed E-state index contributed by atoms with van der Waals surface area (Å²) >= 11 is 1.37. The molecule has 1 fully saturated rings. The second-order valence-electron chi connectivity index (χ2n) is 4.48. The van der Waals surface area contributed by atoms with Gasteiger partial charge in [-0.3, -0.25) is 4.79 Å². The van der Waals surface area contributed by atoms with E-state index in [2.05, 4.69) is 0 Å². The first-order valence-electron chi connectivity index (χ1n) is 6.48. The van der Waals surface area contributed by atoms with Gasteiger partial charge in [-0.15, -0.1) is 11.8 Å². The third kappa shape index (κ3) is 4.12. The van der Waals surface area contributed by atoms with E-state index in [1.165, 1.54) is 16.7 Å². The van der Waals surface area contributed by atoms with Crippen LogP contribution in [0.4, 0.5) is 0 Å². The molecule has 7 heteroatoms. The minimum absolute atomic E-state index is 0.0499. The SMILES string of the molecule is COc1ccc(SCC(=O)N2CCOCC2C(=O)O)cc1. The zero-order valence-corrected chi connectivity index (χ0v) is 12.5. The van der Waals surface area contributed by atoms with Crippen LogP contribution in [-0.2, 0) is 14.3 Å². The Bertz CT molecular complexity index is 505. The number of ether oxygens (including phenoxy) is 2. The molecule has 1 aromatic rings. The van der Waals surface area contributed by atoms with Crippen molar-refractivity contribution in [1.82, 2.24) is 4.90 Å². The third-order valence-electron chi connectivity index (χ3n) is 3.16. The number of carbonyl (C=O) groups is 2. The van der Waals surface area contributed by atoms with Gasteiger partial charge in [0.15, 0.2) is 6.04 Å². The summed E-state index contributed by atoms with van der Waals surface area (Å²) in [6.07, 6.45) is 0. The monoisotopic (exact) mass is 311 g/mol. The molecule has 1 unspecified atom stereocenters. The summed E-state index contributed by atoms with van der Waals surface area (Å²) in [6, 6.07) is 6.49. The highest BCUT2D eigenvalue weighted by Gasteiger charge is 2.32. The number of amides is 1. The molecule has 0 aromatic heterocycles. The molecule has 0 aliphatic carbocycles. The molecule has 2 rings (SSSR count). The molecule has 0 bridgehead atoms. The van der Waals surface area contributed by atoms with Crippen molar-refractivity contribution in [3.63, 3.8) is 0 Å². The number of hydrogen-bond donors (Lipinski definition) is 1. The van der Waals surface area contributed by atoms with E-state index in [0.29, 0.717) is 13.2 Å². The van der Waals surface area contributed by atoms with Gasteiger partial charge < -0.3 is 19.5 Å². The molecule has 1 atom stereocenters. The number of aliphatic carboxylic acids is 1. The van der Waals surface area contributed by atoms with Crippen molar-refractivity contribution in [1.29, 1.82) is 0 Å². The van der Waals surface area contributed by atoms with Gasteiger partial charge in [-0.2, -0.15) is 0 Å². The maximum atomic E-state index is 12.2. The molecule has 1 aliphatic rings. The van der Waals surface area contributed by atoms with E-state index in [4.69, 9.17) is 14.6 Å². The van der Waals surface area contributed by atoms with Gasteiger partial charge >= 0.3 is 5.97 Å². The Balaban J connectivity index is 1.91. The van der Waals surface area contributed by atoms with Gasteiger partial charge in [0.1, 0.15) is 5.75 Å². The van der Waals surface area contributed by atoms with Crippen molar-refractivity contribution in [3.8, 4) is 5.75 Å². The Labute approximate surface area is 127 Å². The number of thioether (sulfide) groups is 1. The van der Waals surface area contributed by atoms with Crippen LogP contribution in [-0.4, -0.2) is 60.5 Å². The standard InChI is InChI=1S/C14H17NO5S/c1-19-10-2-4-11(5-3-10)21-9-13(16)15-6-7-20-8-12(15)14(17)18/h2-5,12H,6-9H2,1H3,(H,17,18). The van der Waals surface area contributed by atoms with E-state index in [9.17, 15) is 9.59 Å². The van der Waals surface area contributed by atoms with Gasteiger partial charge in [0.2, 0.25) is 5.91 Å². The van der Waals surface area contributed by atoms with Crippen LogP contribution in [0, 0.1) is 0 Å². The maximum absolute atomic E-state index is 12.2. The minimum Gasteiger partial charge on any atom is -0.497 e. The van der Waals surface area contributed by atoms with E-state index >= 15 is 0 Å². The second kappa shape index (κ2) is 7.33. The summed E-state index contributed by atoms with van der Waals surface area (Å²) in [5.74, 6) is -0.260. The van der Waals surface area contributed by atoms with Crippen LogP contribution in [0.1, 0.15) is 0 Å². The molecule has 6 nitrogen and oxygen atoms in total. The quantitative estimate of drug-likeness (QED) is 0.821. The molecular weight excluding hydrogens is 294 g/mol. The summed E-state index contributed by atoms with van der Waals surface area (Å²) in [7, 11) is 1.59. The van der Waals surface area contributed by atoms with E-state index in [-0.39, 0.29) is 18.3 Å². The van der Waals surface area contributed by atoms with E-state index in [1.54, 1.807) is 7.11 Å². The lowest BCUT2D eigenvalue weighted by molar-refractivity contribution is -0.157. The predicted octanol–water partition coefficient (Wildman–Crippen LogP) is 1.10. The van der Waals surface area contributed by atoms with Crippen molar-refractivity contribution in [3.05, 3.63) is 24.3 Å². The normalized spacial score (nSPS) is 18.3. The molecule has 1 aliphatic heterocycles. The number of methoxy groups -OCH3 is 1. The zero-order chi connectivity index (χ0) is 15.2. The molecule has 1 amide bonds. The van der Waals surface area contributed by atoms with Crippen LogP contribution >= 0.6 is 11.8 Å². The van der Waals surface area contributed by atoms with Crippen molar-refractivity contribution in [2.45, 2.75) is 10.9 Å². The molecule has 0 spiro atoms. The molecule has 1 heterocycles. The average molecular weight is 311 g/mol. The lowest BCUT2D eigenvalue weighted by Gasteiger charge is -2.32. The molecule has 21 heavy (non-hydrogen) atoms. The first kappa shape index (κ1) is 15.7. The van der Waals surface area contributed by atoms with Gasteiger partial charge in [0.05, 0.1) is 26.1 Å². The number of carbonyl (C=O) groups excluding carboxylic acids is 1. The van der Waals surface area contributed by atoms with Gasteiger partial charge in [0.25, 0.3) is 0 Å². The smallest absolute Gasteiger partial charge is 0.328 e. The summed E-state index contributed by atoms with van der Waals surface area (Å²) in [5, 5.41) is 9.11. The summed E-state index contributed by atoms with van der Waals surface area (Å²) in [4.78, 5) is 25.6. The number of morpholine rings is 1. The van der Waals surface area contributed by atoms with E-state index in [1.807, 2.05) is 24.3 Å².